The van der Waals surface area contributed by atoms with Crippen LogP contribution in [0.25, 0.3) is 0 Å². The van der Waals surface area contributed by atoms with Gasteiger partial charge in [-0.15, -0.1) is 10.3 Å². The first-order chi connectivity index (χ1) is 18.9. The standard InChI is InChI=1S/C21H21F18N2O3/c1-12(2)5-9(6-13(3,4)41(12)44)40(10(42)7-14(22,23)16(26,27)18(30,31)20(34,35)36)11(43)8-15(24,25)17(28,29)19(32,33)21(37,38)39/h9H,5-8H2,1-4H3. The topological polar surface area (TPSA) is 60.5 Å². The largest absolute Gasteiger partial charge is 0.460 e. The summed E-state index contributed by atoms with van der Waals surface area (Å²) in [5.41, 5.74) is -3.81. The molecule has 44 heavy (non-hydrogen) atoms. The second kappa shape index (κ2) is 11.0. The minimum Gasteiger partial charge on any atom is -0.279 e. The maximum atomic E-state index is 14.2. The van der Waals surface area contributed by atoms with Crippen LogP contribution in [-0.2, 0) is 14.8 Å². The third-order valence-electron chi connectivity index (χ3n) is 6.64. The van der Waals surface area contributed by atoms with Gasteiger partial charge in [-0.05, 0) is 40.5 Å². The number of hydrogen-bond acceptors (Lipinski definition) is 3. The average molecular weight is 691 g/mol. The van der Waals surface area contributed by atoms with Crippen LogP contribution in [0, 0.1) is 0 Å². The summed E-state index contributed by atoms with van der Waals surface area (Å²) in [4.78, 5) is 24.2. The number of amides is 2. The van der Waals surface area contributed by atoms with Crippen molar-refractivity contribution < 1.29 is 93.8 Å². The quantitative estimate of drug-likeness (QED) is 0.237. The Morgan fingerprint density at radius 2 is 0.818 bits per heavy atom. The normalized spacial score (nSPS) is 20.1. The van der Waals surface area contributed by atoms with Gasteiger partial charge in [-0.1, -0.05) is 0 Å². The molecule has 0 aromatic heterocycles. The summed E-state index contributed by atoms with van der Waals surface area (Å²) < 4.78 is 239. The molecule has 0 spiro atoms. The predicted molar refractivity (Wildman–Crippen MR) is 107 cm³/mol. The first-order valence-electron chi connectivity index (χ1n) is 11.6. The van der Waals surface area contributed by atoms with Gasteiger partial charge in [-0.25, -0.2) is 0 Å². The molecular weight excluding hydrogens is 670 g/mol. The van der Waals surface area contributed by atoms with Crippen molar-refractivity contribution >= 4 is 11.8 Å². The monoisotopic (exact) mass is 691 g/mol. The SMILES string of the molecule is CC1(C)CC(N(C(=O)CC(F)(F)C(F)(F)C(F)(F)C(F)(F)F)C(=O)CC(F)(F)C(F)(F)C(F)(F)C(F)(F)F)CC(C)(C)N1[O]. The summed E-state index contributed by atoms with van der Waals surface area (Å²) in [5, 5.41) is 12.7. The molecule has 1 fully saturated rings. The van der Waals surface area contributed by atoms with Gasteiger partial charge in [-0.3, -0.25) is 14.5 Å². The second-order valence-electron chi connectivity index (χ2n) is 11.2. The minimum absolute atomic E-state index is 0.197. The number of alkyl halides is 18. The number of hydrogen-bond donors (Lipinski definition) is 0. The number of piperidine rings is 1. The Kier molecular flexibility index (Phi) is 9.92. The molecule has 2 amide bonds. The molecule has 0 unspecified atom stereocenters. The minimum atomic E-state index is -7.59. The Morgan fingerprint density at radius 3 is 1.05 bits per heavy atom. The van der Waals surface area contributed by atoms with Crippen LogP contribution in [0.3, 0.4) is 0 Å². The number of rotatable bonds is 9. The molecule has 1 rings (SSSR count). The summed E-state index contributed by atoms with van der Waals surface area (Å²) in [6, 6.07) is -2.31. The fourth-order valence-corrected chi connectivity index (χ4v) is 4.53. The maximum Gasteiger partial charge on any atom is 0.460 e. The highest BCUT2D eigenvalue weighted by atomic mass is 19.4. The van der Waals surface area contributed by atoms with Gasteiger partial charge in [0, 0.05) is 17.1 Å². The maximum absolute atomic E-state index is 14.2. The first-order valence-corrected chi connectivity index (χ1v) is 11.6. The lowest BCUT2D eigenvalue weighted by atomic mass is 9.78. The molecule has 0 aromatic carbocycles. The summed E-state index contributed by atoms with van der Waals surface area (Å²) in [6.45, 7) is 3.83. The molecule has 0 bridgehead atoms. The van der Waals surface area contributed by atoms with Crippen molar-refractivity contribution in [2.24, 2.45) is 0 Å². The summed E-state index contributed by atoms with van der Waals surface area (Å²) >= 11 is 0. The Bertz CT molecular complexity index is 1010. The van der Waals surface area contributed by atoms with E-state index >= 15 is 0 Å². The lowest BCUT2D eigenvalue weighted by Gasteiger charge is -2.52. The Morgan fingerprint density at radius 1 is 0.568 bits per heavy atom. The summed E-state index contributed by atoms with van der Waals surface area (Å²) in [5.74, 6) is -49.9. The van der Waals surface area contributed by atoms with Crippen molar-refractivity contribution in [3.05, 3.63) is 0 Å². The van der Waals surface area contributed by atoms with Crippen LogP contribution < -0.4 is 0 Å². The van der Waals surface area contributed by atoms with Gasteiger partial charge in [0.15, 0.2) is 0 Å². The van der Waals surface area contributed by atoms with Crippen molar-refractivity contribution in [3.8, 4) is 0 Å². The number of halogens is 18. The molecule has 0 saturated carbocycles. The highest BCUT2D eigenvalue weighted by molar-refractivity contribution is 5.96. The Balaban J connectivity index is 3.74. The molecule has 0 aromatic rings. The van der Waals surface area contributed by atoms with E-state index in [1.807, 2.05) is 0 Å². The summed E-state index contributed by atoms with van der Waals surface area (Å²) in [7, 11) is 0. The molecule has 1 aliphatic rings. The van der Waals surface area contributed by atoms with Crippen LogP contribution in [0.15, 0.2) is 0 Å². The van der Waals surface area contributed by atoms with Gasteiger partial charge >= 0.3 is 47.9 Å². The van der Waals surface area contributed by atoms with Crippen LogP contribution in [0.5, 0.6) is 0 Å². The van der Waals surface area contributed by atoms with Gasteiger partial charge < -0.3 is 0 Å². The highest BCUT2D eigenvalue weighted by Crippen LogP contribution is 2.56. The van der Waals surface area contributed by atoms with E-state index in [0.29, 0.717) is 0 Å². The second-order valence-corrected chi connectivity index (χ2v) is 11.2. The van der Waals surface area contributed by atoms with Gasteiger partial charge in [0.1, 0.15) is 0 Å². The summed E-state index contributed by atoms with van der Waals surface area (Å²) in [6.07, 6.45) is -24.0. The zero-order valence-corrected chi connectivity index (χ0v) is 22.3. The molecule has 1 radical (unpaired) electrons. The van der Waals surface area contributed by atoms with Crippen molar-refractivity contribution in [1.82, 2.24) is 9.96 Å². The predicted octanol–water partition coefficient (Wildman–Crippen LogP) is 7.43. The molecule has 0 atom stereocenters. The Labute approximate surface area is 235 Å². The average Bonchev–Trinajstić information content (AvgIpc) is 2.74. The number of carbonyl (C=O) groups excluding carboxylic acids is 2. The van der Waals surface area contributed by atoms with E-state index in [1.54, 1.807) is 0 Å². The Hall–Kier alpha value is -2.20. The molecule has 0 N–H and O–H groups in total. The lowest BCUT2D eigenvalue weighted by Crippen LogP contribution is -2.66. The molecule has 1 heterocycles. The molecule has 1 saturated heterocycles. The fourth-order valence-electron chi connectivity index (χ4n) is 4.53. The van der Waals surface area contributed by atoms with E-state index in [9.17, 15) is 93.8 Å². The number of nitrogens with zero attached hydrogens (tertiary/aromatic N) is 2. The molecule has 1 aliphatic heterocycles. The van der Waals surface area contributed by atoms with Gasteiger partial charge in [0.2, 0.25) is 11.8 Å². The molecular formula is C21H21F18N2O3. The lowest BCUT2D eigenvalue weighted by molar-refractivity contribution is -0.396. The fraction of sp³-hybridized carbons (Fsp3) is 0.905. The smallest absolute Gasteiger partial charge is 0.279 e. The number of carbonyl (C=O) groups is 2. The third-order valence-corrected chi connectivity index (χ3v) is 6.64. The molecule has 5 nitrogen and oxygen atoms in total. The zero-order valence-electron chi connectivity index (χ0n) is 22.3. The number of imide groups is 1. The van der Waals surface area contributed by atoms with Gasteiger partial charge in [0.05, 0.1) is 12.8 Å². The van der Waals surface area contributed by atoms with Crippen LogP contribution in [0.1, 0.15) is 53.4 Å². The first kappa shape index (κ1) is 39.8. The van der Waals surface area contributed by atoms with Crippen molar-refractivity contribution in [3.63, 3.8) is 0 Å². The van der Waals surface area contributed by atoms with Crippen molar-refractivity contribution in [2.75, 3.05) is 0 Å². The molecule has 259 valence electrons. The van der Waals surface area contributed by atoms with Gasteiger partial charge in [0.25, 0.3) is 0 Å². The van der Waals surface area contributed by atoms with E-state index in [4.69, 9.17) is 0 Å². The van der Waals surface area contributed by atoms with Crippen LogP contribution >= 0.6 is 0 Å². The van der Waals surface area contributed by atoms with E-state index < -0.39 is 107 Å². The van der Waals surface area contributed by atoms with Crippen LogP contribution in [0.4, 0.5) is 79.0 Å². The van der Waals surface area contributed by atoms with Crippen LogP contribution in [-0.4, -0.2) is 86.8 Å². The van der Waals surface area contributed by atoms with E-state index in [1.165, 1.54) is 0 Å². The third kappa shape index (κ3) is 6.53. The van der Waals surface area contributed by atoms with E-state index in [0.717, 1.165) is 27.7 Å². The molecule has 23 heteroatoms. The van der Waals surface area contributed by atoms with Gasteiger partial charge in [-0.2, -0.15) is 79.0 Å². The highest BCUT2D eigenvalue weighted by Gasteiger charge is 2.83. The van der Waals surface area contributed by atoms with E-state index in [2.05, 4.69) is 0 Å². The zero-order chi connectivity index (χ0) is 35.7. The number of hydroxylamine groups is 2. The van der Waals surface area contributed by atoms with Crippen LogP contribution in [0.2, 0.25) is 0 Å². The van der Waals surface area contributed by atoms with Crippen molar-refractivity contribution in [1.29, 1.82) is 0 Å². The van der Waals surface area contributed by atoms with Crippen molar-refractivity contribution in [2.45, 2.75) is 118 Å². The van der Waals surface area contributed by atoms with E-state index in [-0.39, 0.29) is 5.06 Å². The molecule has 0 aliphatic carbocycles.